The van der Waals surface area contributed by atoms with E-state index in [1.54, 1.807) is 18.3 Å². The Morgan fingerprint density at radius 2 is 2.08 bits per heavy atom. The van der Waals surface area contributed by atoms with Crippen LogP contribution in [0.15, 0.2) is 42.6 Å². The average Bonchev–Trinajstić information content (AvgIpc) is 2.62. The third-order valence-corrected chi connectivity index (χ3v) is 4.53. The second-order valence-electron chi connectivity index (χ2n) is 5.85. The Bertz CT molecular complexity index is 688. The van der Waals surface area contributed by atoms with Gasteiger partial charge in [0.15, 0.2) is 5.82 Å². The highest BCUT2D eigenvalue weighted by Crippen LogP contribution is 2.21. The summed E-state index contributed by atoms with van der Waals surface area (Å²) in [5.41, 5.74) is 0.714. The second-order valence-corrected chi connectivity index (χ2v) is 6.29. The lowest BCUT2D eigenvalue weighted by atomic mass is 10.0. The van der Waals surface area contributed by atoms with Gasteiger partial charge in [0, 0.05) is 43.1 Å². The molecule has 24 heavy (non-hydrogen) atoms. The van der Waals surface area contributed by atoms with Crippen LogP contribution in [0.5, 0.6) is 0 Å². The molecule has 7 heteroatoms. The van der Waals surface area contributed by atoms with Crippen LogP contribution in [0, 0.1) is 0 Å². The number of carbonyl (C=O) groups is 1. The smallest absolute Gasteiger partial charge is 0.321 e. The van der Waals surface area contributed by atoms with Crippen molar-refractivity contribution in [3.05, 3.63) is 47.6 Å². The van der Waals surface area contributed by atoms with E-state index in [1.165, 1.54) is 0 Å². The molecule has 1 fully saturated rings. The summed E-state index contributed by atoms with van der Waals surface area (Å²) in [7, 11) is 2.02. The molecule has 1 aromatic heterocycles. The second kappa shape index (κ2) is 7.49. The number of rotatable bonds is 3. The van der Waals surface area contributed by atoms with Crippen LogP contribution in [-0.2, 0) is 0 Å². The monoisotopic (exact) mass is 345 g/mol. The summed E-state index contributed by atoms with van der Waals surface area (Å²) in [5, 5.41) is 11.6. The van der Waals surface area contributed by atoms with Crippen molar-refractivity contribution in [1.82, 2.24) is 15.1 Å². The molecule has 2 amide bonds. The third kappa shape index (κ3) is 3.94. The number of aromatic nitrogens is 2. The van der Waals surface area contributed by atoms with Crippen LogP contribution in [0.4, 0.5) is 16.3 Å². The fourth-order valence-electron chi connectivity index (χ4n) is 2.89. The number of benzene rings is 1. The number of likely N-dealkylation sites (tertiary alicyclic amines) is 1. The number of hydrogen-bond donors (Lipinski definition) is 1. The average molecular weight is 346 g/mol. The zero-order valence-electron chi connectivity index (χ0n) is 13.5. The minimum absolute atomic E-state index is 0.0853. The zero-order valence-corrected chi connectivity index (χ0v) is 14.3. The highest BCUT2D eigenvalue weighted by Gasteiger charge is 2.26. The lowest BCUT2D eigenvalue weighted by molar-refractivity contribution is 0.194. The number of nitrogens with one attached hydrogen (secondary N) is 1. The minimum Gasteiger partial charge on any atom is -0.355 e. The molecule has 0 saturated carbocycles. The maximum absolute atomic E-state index is 12.4. The molecule has 126 valence electrons. The normalized spacial score (nSPS) is 15.2. The van der Waals surface area contributed by atoms with Gasteiger partial charge in [0.1, 0.15) is 0 Å². The number of hydrogen-bond acceptors (Lipinski definition) is 4. The molecule has 6 nitrogen and oxygen atoms in total. The predicted octanol–water partition coefficient (Wildman–Crippen LogP) is 3.26. The van der Waals surface area contributed by atoms with Crippen molar-refractivity contribution >= 4 is 29.1 Å². The van der Waals surface area contributed by atoms with E-state index in [2.05, 4.69) is 20.4 Å². The van der Waals surface area contributed by atoms with Crippen molar-refractivity contribution in [2.45, 2.75) is 18.9 Å². The largest absolute Gasteiger partial charge is 0.355 e. The van der Waals surface area contributed by atoms with Crippen LogP contribution in [0.25, 0.3) is 0 Å². The highest BCUT2D eigenvalue weighted by atomic mass is 35.5. The minimum atomic E-state index is -0.0853. The molecule has 0 spiro atoms. The van der Waals surface area contributed by atoms with Gasteiger partial charge < -0.3 is 15.1 Å². The quantitative estimate of drug-likeness (QED) is 0.927. The Kier molecular flexibility index (Phi) is 5.15. The van der Waals surface area contributed by atoms with E-state index in [1.807, 2.05) is 36.2 Å². The van der Waals surface area contributed by atoms with Crippen LogP contribution >= 0.6 is 11.6 Å². The molecule has 3 rings (SSSR count). The van der Waals surface area contributed by atoms with Gasteiger partial charge in [0.2, 0.25) is 0 Å². The summed E-state index contributed by atoms with van der Waals surface area (Å²) in [6.07, 6.45) is 3.46. The van der Waals surface area contributed by atoms with Crippen molar-refractivity contribution < 1.29 is 4.79 Å². The van der Waals surface area contributed by atoms with Gasteiger partial charge in [-0.1, -0.05) is 17.7 Å². The van der Waals surface area contributed by atoms with Gasteiger partial charge in [0.05, 0.1) is 0 Å². The van der Waals surface area contributed by atoms with Crippen LogP contribution in [0.2, 0.25) is 5.02 Å². The van der Waals surface area contributed by atoms with Crippen molar-refractivity contribution in [2.24, 2.45) is 0 Å². The highest BCUT2D eigenvalue weighted by molar-refractivity contribution is 6.30. The topological polar surface area (TPSA) is 61.4 Å². The molecule has 1 aliphatic heterocycles. The number of amides is 2. The maximum Gasteiger partial charge on any atom is 0.321 e. The standard InChI is InChI=1S/C17H20ClN5O/c1-22(16-6-3-9-19-21-16)15-7-10-23(11-8-15)17(24)20-14-5-2-4-13(18)12-14/h2-6,9,12,15H,7-8,10-11H2,1H3,(H,20,24). The number of carbonyl (C=O) groups excluding carboxylic acids is 1. The van der Waals surface area contributed by atoms with Gasteiger partial charge in [-0.15, -0.1) is 5.10 Å². The molecule has 2 heterocycles. The summed E-state index contributed by atoms with van der Waals surface area (Å²) in [6, 6.07) is 11.3. The van der Waals surface area contributed by atoms with Gasteiger partial charge in [-0.3, -0.25) is 0 Å². The van der Waals surface area contributed by atoms with Gasteiger partial charge in [-0.25, -0.2) is 4.79 Å². The number of urea groups is 1. The van der Waals surface area contributed by atoms with E-state index in [-0.39, 0.29) is 6.03 Å². The van der Waals surface area contributed by atoms with E-state index in [9.17, 15) is 4.79 Å². The Hall–Kier alpha value is -2.34. The van der Waals surface area contributed by atoms with Gasteiger partial charge >= 0.3 is 6.03 Å². The molecule has 1 saturated heterocycles. The van der Waals surface area contributed by atoms with Crippen molar-refractivity contribution in [3.63, 3.8) is 0 Å². The summed E-state index contributed by atoms with van der Waals surface area (Å²) in [4.78, 5) is 16.3. The van der Waals surface area contributed by atoms with E-state index < -0.39 is 0 Å². The first-order valence-electron chi connectivity index (χ1n) is 7.95. The first-order valence-corrected chi connectivity index (χ1v) is 8.33. The molecule has 0 bridgehead atoms. The van der Waals surface area contributed by atoms with Crippen LogP contribution in [-0.4, -0.2) is 47.3 Å². The number of anilines is 2. The van der Waals surface area contributed by atoms with E-state index >= 15 is 0 Å². The fourth-order valence-corrected chi connectivity index (χ4v) is 3.08. The summed E-state index contributed by atoms with van der Waals surface area (Å²) < 4.78 is 0. The first kappa shape index (κ1) is 16.5. The van der Waals surface area contributed by atoms with Gasteiger partial charge in [-0.2, -0.15) is 5.10 Å². The first-order chi connectivity index (χ1) is 11.6. The molecule has 0 atom stereocenters. The maximum atomic E-state index is 12.4. The van der Waals surface area contributed by atoms with Crippen LogP contribution < -0.4 is 10.2 Å². The predicted molar refractivity (Wildman–Crippen MR) is 95.5 cm³/mol. The lowest BCUT2D eigenvalue weighted by Crippen LogP contribution is -2.47. The molecular weight excluding hydrogens is 326 g/mol. The number of piperidine rings is 1. The van der Waals surface area contributed by atoms with Crippen LogP contribution in [0.3, 0.4) is 0 Å². The molecule has 1 aliphatic rings. The zero-order chi connectivity index (χ0) is 16.9. The molecule has 1 aromatic carbocycles. The SMILES string of the molecule is CN(c1cccnn1)C1CCN(C(=O)Nc2cccc(Cl)c2)CC1. The van der Waals surface area contributed by atoms with Crippen molar-refractivity contribution in [2.75, 3.05) is 30.4 Å². The molecular formula is C17H20ClN5O. The Morgan fingerprint density at radius 3 is 2.75 bits per heavy atom. The van der Waals surface area contributed by atoms with Crippen molar-refractivity contribution in [1.29, 1.82) is 0 Å². The Labute approximate surface area is 146 Å². The van der Waals surface area contributed by atoms with E-state index in [0.717, 1.165) is 18.7 Å². The van der Waals surface area contributed by atoms with E-state index in [4.69, 9.17) is 11.6 Å². The summed E-state index contributed by atoms with van der Waals surface area (Å²) >= 11 is 5.94. The third-order valence-electron chi connectivity index (χ3n) is 4.29. The van der Waals surface area contributed by atoms with Gasteiger partial charge in [0.25, 0.3) is 0 Å². The molecule has 0 unspecified atom stereocenters. The summed E-state index contributed by atoms with van der Waals surface area (Å²) in [6.45, 7) is 1.42. The molecule has 1 N–H and O–H groups in total. The summed E-state index contributed by atoms with van der Waals surface area (Å²) in [5.74, 6) is 0.860. The Balaban J connectivity index is 1.54. The van der Waals surface area contributed by atoms with Gasteiger partial charge in [-0.05, 0) is 43.2 Å². The number of nitrogens with zero attached hydrogens (tertiary/aromatic N) is 4. The lowest BCUT2D eigenvalue weighted by Gasteiger charge is -2.37. The fraction of sp³-hybridized carbons (Fsp3) is 0.353. The van der Waals surface area contributed by atoms with E-state index in [0.29, 0.717) is 29.8 Å². The number of halogens is 1. The molecule has 0 aliphatic carbocycles. The van der Waals surface area contributed by atoms with Crippen molar-refractivity contribution in [3.8, 4) is 0 Å². The van der Waals surface area contributed by atoms with Crippen LogP contribution in [0.1, 0.15) is 12.8 Å². The Morgan fingerprint density at radius 1 is 1.29 bits per heavy atom. The molecule has 2 aromatic rings. The molecule has 0 radical (unpaired) electrons.